The van der Waals surface area contributed by atoms with E-state index in [4.69, 9.17) is 11.6 Å². The summed E-state index contributed by atoms with van der Waals surface area (Å²) in [6.45, 7) is 5.58. The van der Waals surface area contributed by atoms with Crippen molar-refractivity contribution >= 4 is 17.3 Å². The summed E-state index contributed by atoms with van der Waals surface area (Å²) in [5.74, 6) is 1.46. The van der Waals surface area contributed by atoms with Crippen molar-refractivity contribution in [2.45, 2.75) is 26.7 Å². The Morgan fingerprint density at radius 1 is 1.41 bits per heavy atom. The molecular formula is C15H20ClN. The quantitative estimate of drug-likeness (QED) is 0.763. The molecule has 1 aliphatic rings. The molecule has 0 saturated heterocycles. The summed E-state index contributed by atoms with van der Waals surface area (Å²) in [6, 6.07) is 7.94. The van der Waals surface area contributed by atoms with Crippen molar-refractivity contribution in [1.82, 2.24) is 0 Å². The topological polar surface area (TPSA) is 12.0 Å². The second-order valence-corrected chi connectivity index (χ2v) is 5.62. The van der Waals surface area contributed by atoms with Gasteiger partial charge in [-0.25, -0.2) is 0 Å². The van der Waals surface area contributed by atoms with Crippen molar-refractivity contribution < 1.29 is 0 Å². The summed E-state index contributed by atoms with van der Waals surface area (Å²) in [7, 11) is 0. The van der Waals surface area contributed by atoms with Crippen LogP contribution in [-0.2, 0) is 0 Å². The average molecular weight is 250 g/mol. The summed E-state index contributed by atoms with van der Waals surface area (Å²) in [5, 5.41) is 4.28. The van der Waals surface area contributed by atoms with E-state index in [1.54, 1.807) is 0 Å². The van der Waals surface area contributed by atoms with Gasteiger partial charge in [0, 0.05) is 17.3 Å². The minimum atomic E-state index is 0.718. The highest BCUT2D eigenvalue weighted by molar-refractivity contribution is 6.30. The molecule has 1 N–H and O–H groups in total. The van der Waals surface area contributed by atoms with Gasteiger partial charge in [0.1, 0.15) is 0 Å². The molecule has 1 nitrogen and oxygen atoms in total. The van der Waals surface area contributed by atoms with E-state index in [0.29, 0.717) is 0 Å². The zero-order chi connectivity index (χ0) is 12.3. The second-order valence-electron chi connectivity index (χ2n) is 5.19. The Morgan fingerprint density at radius 2 is 2.24 bits per heavy atom. The van der Waals surface area contributed by atoms with E-state index in [9.17, 15) is 0 Å². The zero-order valence-electron chi connectivity index (χ0n) is 10.5. The van der Waals surface area contributed by atoms with E-state index in [2.05, 4.69) is 31.3 Å². The molecule has 0 bridgehead atoms. The van der Waals surface area contributed by atoms with Crippen LogP contribution in [0.5, 0.6) is 0 Å². The molecule has 0 radical (unpaired) electrons. The van der Waals surface area contributed by atoms with Crippen LogP contribution in [-0.4, -0.2) is 6.54 Å². The van der Waals surface area contributed by atoms with Gasteiger partial charge in [-0.2, -0.15) is 0 Å². The molecule has 0 saturated carbocycles. The van der Waals surface area contributed by atoms with Gasteiger partial charge in [0.2, 0.25) is 0 Å². The lowest BCUT2D eigenvalue weighted by molar-refractivity contribution is 0.421. The lowest BCUT2D eigenvalue weighted by Gasteiger charge is -2.26. The van der Waals surface area contributed by atoms with Crippen LogP contribution in [0.2, 0.25) is 5.02 Å². The predicted octanol–water partition coefficient (Wildman–Crippen LogP) is 4.74. The predicted molar refractivity (Wildman–Crippen MR) is 75.6 cm³/mol. The number of allylic oxidation sites excluding steroid dienone is 2. The molecule has 1 aromatic carbocycles. The van der Waals surface area contributed by atoms with Crippen molar-refractivity contribution in [3.05, 3.63) is 40.9 Å². The van der Waals surface area contributed by atoms with Crippen LogP contribution in [0.15, 0.2) is 35.9 Å². The fourth-order valence-corrected chi connectivity index (χ4v) is 2.89. The molecule has 17 heavy (non-hydrogen) atoms. The molecule has 2 rings (SSSR count). The number of anilines is 1. The minimum Gasteiger partial charge on any atom is -0.385 e. The van der Waals surface area contributed by atoms with Crippen LogP contribution in [0.3, 0.4) is 0 Å². The third-order valence-corrected chi connectivity index (χ3v) is 3.54. The highest BCUT2D eigenvalue weighted by Crippen LogP contribution is 2.28. The Balaban J connectivity index is 1.89. The standard InChI is InChI=1S/C15H20ClN/c1-11-6-12(2)8-13(7-11)10-17-15-5-3-4-14(16)9-15/h3-6,9,11,13,17H,7-8,10H2,1-2H3. The summed E-state index contributed by atoms with van der Waals surface area (Å²) in [6.07, 6.45) is 4.90. The molecule has 0 spiro atoms. The molecule has 0 fully saturated rings. The van der Waals surface area contributed by atoms with Gasteiger partial charge in [0.25, 0.3) is 0 Å². The first-order valence-electron chi connectivity index (χ1n) is 6.30. The average Bonchev–Trinajstić information content (AvgIpc) is 2.25. The largest absolute Gasteiger partial charge is 0.385 e. The molecule has 0 heterocycles. The maximum Gasteiger partial charge on any atom is 0.0426 e. The normalized spacial score (nSPS) is 24.3. The monoisotopic (exact) mass is 249 g/mol. The maximum atomic E-state index is 5.96. The van der Waals surface area contributed by atoms with Crippen LogP contribution in [0.1, 0.15) is 26.7 Å². The molecule has 0 aliphatic heterocycles. The second kappa shape index (κ2) is 5.59. The molecule has 1 aliphatic carbocycles. The van der Waals surface area contributed by atoms with Crippen LogP contribution >= 0.6 is 11.6 Å². The fraction of sp³-hybridized carbons (Fsp3) is 0.467. The number of hydrogen-bond donors (Lipinski definition) is 1. The first-order valence-corrected chi connectivity index (χ1v) is 6.68. The lowest BCUT2D eigenvalue weighted by Crippen LogP contribution is -2.20. The Labute approximate surface area is 109 Å². The van der Waals surface area contributed by atoms with Crippen LogP contribution < -0.4 is 5.32 Å². The molecule has 1 aromatic rings. The van der Waals surface area contributed by atoms with E-state index in [1.807, 2.05) is 18.2 Å². The Kier molecular flexibility index (Phi) is 4.11. The molecule has 0 amide bonds. The number of hydrogen-bond acceptors (Lipinski definition) is 1. The van der Waals surface area contributed by atoms with E-state index >= 15 is 0 Å². The summed E-state index contributed by atoms with van der Waals surface area (Å²) >= 11 is 5.96. The van der Waals surface area contributed by atoms with Gasteiger partial charge in [-0.1, -0.05) is 36.2 Å². The third kappa shape index (κ3) is 3.78. The fourth-order valence-electron chi connectivity index (χ4n) is 2.70. The molecule has 2 atom stereocenters. The van der Waals surface area contributed by atoms with Crippen LogP contribution in [0.25, 0.3) is 0 Å². The van der Waals surface area contributed by atoms with Gasteiger partial charge in [0.15, 0.2) is 0 Å². The van der Waals surface area contributed by atoms with Gasteiger partial charge < -0.3 is 5.32 Å². The van der Waals surface area contributed by atoms with E-state index < -0.39 is 0 Å². The highest BCUT2D eigenvalue weighted by Gasteiger charge is 2.17. The van der Waals surface area contributed by atoms with Gasteiger partial charge in [-0.05, 0) is 49.8 Å². The molecule has 2 unspecified atom stereocenters. The van der Waals surface area contributed by atoms with E-state index in [1.165, 1.54) is 18.4 Å². The Bertz CT molecular complexity index is 411. The summed E-state index contributed by atoms with van der Waals surface area (Å²) in [4.78, 5) is 0. The first-order chi connectivity index (χ1) is 8.13. The molecule has 92 valence electrons. The summed E-state index contributed by atoms with van der Waals surface area (Å²) < 4.78 is 0. The third-order valence-electron chi connectivity index (χ3n) is 3.30. The maximum absolute atomic E-state index is 5.96. The number of benzene rings is 1. The number of nitrogens with one attached hydrogen (secondary N) is 1. The van der Waals surface area contributed by atoms with E-state index in [0.717, 1.165) is 29.1 Å². The van der Waals surface area contributed by atoms with Crippen LogP contribution in [0, 0.1) is 11.8 Å². The number of halogens is 1. The van der Waals surface area contributed by atoms with Crippen molar-refractivity contribution in [2.24, 2.45) is 11.8 Å². The van der Waals surface area contributed by atoms with Crippen LogP contribution in [0.4, 0.5) is 5.69 Å². The van der Waals surface area contributed by atoms with Crippen molar-refractivity contribution in [2.75, 3.05) is 11.9 Å². The SMILES string of the molecule is CC1=CC(C)CC(CNc2cccc(Cl)c2)C1. The van der Waals surface area contributed by atoms with Crippen molar-refractivity contribution in [1.29, 1.82) is 0 Å². The first kappa shape index (κ1) is 12.5. The zero-order valence-corrected chi connectivity index (χ0v) is 11.3. The van der Waals surface area contributed by atoms with Gasteiger partial charge >= 0.3 is 0 Å². The Morgan fingerprint density at radius 3 is 2.94 bits per heavy atom. The molecule has 2 heteroatoms. The highest BCUT2D eigenvalue weighted by atomic mass is 35.5. The lowest BCUT2D eigenvalue weighted by atomic mass is 9.84. The summed E-state index contributed by atoms with van der Waals surface area (Å²) in [5.41, 5.74) is 2.65. The van der Waals surface area contributed by atoms with Gasteiger partial charge in [-0.3, -0.25) is 0 Å². The van der Waals surface area contributed by atoms with E-state index in [-0.39, 0.29) is 0 Å². The number of rotatable bonds is 3. The Hall–Kier alpha value is -0.950. The molecular weight excluding hydrogens is 230 g/mol. The minimum absolute atomic E-state index is 0.718. The van der Waals surface area contributed by atoms with Crippen molar-refractivity contribution in [3.63, 3.8) is 0 Å². The van der Waals surface area contributed by atoms with Gasteiger partial charge in [-0.15, -0.1) is 0 Å². The smallest absolute Gasteiger partial charge is 0.0426 e. The van der Waals surface area contributed by atoms with Gasteiger partial charge in [0.05, 0.1) is 0 Å². The molecule has 0 aromatic heterocycles. The van der Waals surface area contributed by atoms with Crippen molar-refractivity contribution in [3.8, 4) is 0 Å².